The first kappa shape index (κ1) is 19.5. The van der Waals surface area contributed by atoms with Gasteiger partial charge in [0.2, 0.25) is 5.91 Å². The van der Waals surface area contributed by atoms with Crippen LogP contribution in [0.4, 0.5) is 5.69 Å². The van der Waals surface area contributed by atoms with Crippen molar-refractivity contribution in [2.75, 3.05) is 7.11 Å². The molecule has 0 aliphatic heterocycles. The molecular formula is C20H16BrN3O4. The summed E-state index contributed by atoms with van der Waals surface area (Å²) in [7, 11) is 1.45. The molecule has 7 nitrogen and oxygen atoms in total. The first-order valence-corrected chi connectivity index (χ1v) is 9.09. The highest BCUT2D eigenvalue weighted by molar-refractivity contribution is 9.10. The van der Waals surface area contributed by atoms with Crippen molar-refractivity contribution >= 4 is 44.5 Å². The SMILES string of the molecule is COc1ccc([N+](=O)[O-])cc1/C=N\NC(=O)Cc1ccc(Br)c2ccccc12. The van der Waals surface area contributed by atoms with Gasteiger partial charge >= 0.3 is 0 Å². The molecule has 0 saturated carbocycles. The van der Waals surface area contributed by atoms with E-state index in [0.717, 1.165) is 20.8 Å². The van der Waals surface area contributed by atoms with Crippen LogP contribution in [0.25, 0.3) is 10.8 Å². The Balaban J connectivity index is 1.74. The number of nitro benzene ring substituents is 1. The smallest absolute Gasteiger partial charge is 0.270 e. The molecule has 8 heteroatoms. The molecule has 0 heterocycles. The van der Waals surface area contributed by atoms with Crippen molar-refractivity contribution in [2.45, 2.75) is 6.42 Å². The number of hydrogen-bond acceptors (Lipinski definition) is 5. The molecule has 0 aliphatic rings. The minimum absolute atomic E-state index is 0.0880. The fourth-order valence-electron chi connectivity index (χ4n) is 2.80. The van der Waals surface area contributed by atoms with Crippen LogP contribution in [-0.4, -0.2) is 24.2 Å². The Kier molecular flexibility index (Phi) is 6.00. The van der Waals surface area contributed by atoms with Gasteiger partial charge in [-0.05, 0) is 28.5 Å². The molecule has 0 spiro atoms. The second-order valence-corrected chi connectivity index (χ2v) is 6.76. The summed E-state index contributed by atoms with van der Waals surface area (Å²) >= 11 is 3.51. The Morgan fingerprint density at radius 2 is 1.96 bits per heavy atom. The molecule has 0 aliphatic carbocycles. The van der Waals surface area contributed by atoms with Crippen molar-refractivity contribution < 1.29 is 14.5 Å². The lowest BCUT2D eigenvalue weighted by molar-refractivity contribution is -0.384. The largest absolute Gasteiger partial charge is 0.496 e. The van der Waals surface area contributed by atoms with Gasteiger partial charge in [0.1, 0.15) is 5.75 Å². The monoisotopic (exact) mass is 441 g/mol. The number of methoxy groups -OCH3 is 1. The van der Waals surface area contributed by atoms with Crippen molar-refractivity contribution in [3.63, 3.8) is 0 Å². The second kappa shape index (κ2) is 8.62. The second-order valence-electron chi connectivity index (χ2n) is 5.91. The maximum absolute atomic E-state index is 12.3. The molecule has 0 fully saturated rings. The maximum atomic E-state index is 12.3. The van der Waals surface area contributed by atoms with Crippen LogP contribution < -0.4 is 10.2 Å². The number of nitrogens with one attached hydrogen (secondary N) is 1. The van der Waals surface area contributed by atoms with E-state index in [1.165, 1.54) is 31.5 Å². The van der Waals surface area contributed by atoms with Crippen molar-refractivity contribution in [3.8, 4) is 5.75 Å². The summed E-state index contributed by atoms with van der Waals surface area (Å²) < 4.78 is 6.12. The summed E-state index contributed by atoms with van der Waals surface area (Å²) in [6.07, 6.45) is 1.47. The van der Waals surface area contributed by atoms with Gasteiger partial charge in [-0.25, -0.2) is 5.43 Å². The van der Waals surface area contributed by atoms with Crippen LogP contribution in [0.2, 0.25) is 0 Å². The van der Waals surface area contributed by atoms with Crippen LogP contribution in [0.15, 0.2) is 64.2 Å². The summed E-state index contributed by atoms with van der Waals surface area (Å²) in [6, 6.07) is 15.7. The number of halogens is 1. The molecule has 1 N–H and O–H groups in total. The minimum Gasteiger partial charge on any atom is -0.496 e. The maximum Gasteiger partial charge on any atom is 0.270 e. The third-order valence-corrected chi connectivity index (χ3v) is 4.82. The highest BCUT2D eigenvalue weighted by Gasteiger charge is 2.11. The van der Waals surface area contributed by atoms with E-state index < -0.39 is 4.92 Å². The molecule has 3 aromatic rings. The number of ether oxygens (including phenoxy) is 1. The van der Waals surface area contributed by atoms with E-state index >= 15 is 0 Å². The van der Waals surface area contributed by atoms with E-state index in [1.807, 2.05) is 36.4 Å². The van der Waals surface area contributed by atoms with Crippen LogP contribution in [0.1, 0.15) is 11.1 Å². The van der Waals surface area contributed by atoms with E-state index in [4.69, 9.17) is 4.74 Å². The minimum atomic E-state index is -0.506. The van der Waals surface area contributed by atoms with Gasteiger partial charge in [0.15, 0.2) is 0 Å². The molecule has 1 amide bonds. The van der Waals surface area contributed by atoms with Gasteiger partial charge in [0.25, 0.3) is 5.69 Å². The summed E-state index contributed by atoms with van der Waals surface area (Å²) in [5.41, 5.74) is 3.63. The highest BCUT2D eigenvalue weighted by atomic mass is 79.9. The van der Waals surface area contributed by atoms with Crippen molar-refractivity contribution in [2.24, 2.45) is 5.10 Å². The number of carbonyl (C=O) groups is 1. The number of hydrogen-bond donors (Lipinski definition) is 1. The van der Waals surface area contributed by atoms with Gasteiger partial charge in [-0.3, -0.25) is 14.9 Å². The van der Waals surface area contributed by atoms with E-state index in [-0.39, 0.29) is 18.0 Å². The number of carbonyl (C=O) groups excluding carboxylic acids is 1. The number of nitro groups is 1. The first-order chi connectivity index (χ1) is 13.5. The lowest BCUT2D eigenvalue weighted by Crippen LogP contribution is -2.20. The van der Waals surface area contributed by atoms with E-state index in [2.05, 4.69) is 26.5 Å². The predicted octanol–water partition coefficient (Wildman–Crippen LogP) is 4.21. The average Bonchev–Trinajstić information content (AvgIpc) is 2.70. The average molecular weight is 442 g/mol. The standard InChI is InChI=1S/C20H16BrN3O4/c1-28-19-9-7-15(24(26)27)10-14(19)12-22-23-20(25)11-13-6-8-18(21)17-5-3-2-4-16(13)17/h2-10,12H,11H2,1H3,(H,23,25)/b22-12-. The third-order valence-electron chi connectivity index (χ3n) is 4.13. The van der Waals surface area contributed by atoms with Crippen LogP contribution >= 0.6 is 15.9 Å². The highest BCUT2D eigenvalue weighted by Crippen LogP contribution is 2.27. The summed E-state index contributed by atoms with van der Waals surface area (Å²) in [4.78, 5) is 22.7. The number of nitrogens with zero attached hydrogens (tertiary/aromatic N) is 2. The molecule has 3 aromatic carbocycles. The molecule has 0 bridgehead atoms. The van der Waals surface area contributed by atoms with E-state index in [0.29, 0.717) is 11.3 Å². The van der Waals surface area contributed by atoms with E-state index in [1.54, 1.807) is 0 Å². The molecule has 0 radical (unpaired) electrons. The quantitative estimate of drug-likeness (QED) is 0.352. The fraction of sp³-hybridized carbons (Fsp3) is 0.100. The first-order valence-electron chi connectivity index (χ1n) is 8.30. The third kappa shape index (κ3) is 4.34. The van der Waals surface area contributed by atoms with E-state index in [9.17, 15) is 14.9 Å². The number of hydrazone groups is 1. The van der Waals surface area contributed by atoms with Crippen molar-refractivity contribution in [1.29, 1.82) is 0 Å². The molecule has 0 aromatic heterocycles. The normalized spacial score (nSPS) is 10.9. The van der Waals surface area contributed by atoms with Crippen molar-refractivity contribution in [3.05, 3.63) is 80.3 Å². The van der Waals surface area contributed by atoms with Gasteiger partial charge in [0.05, 0.1) is 24.7 Å². The van der Waals surface area contributed by atoms with Gasteiger partial charge in [-0.2, -0.15) is 5.10 Å². The molecule has 0 unspecified atom stereocenters. The fourth-order valence-corrected chi connectivity index (χ4v) is 3.28. The zero-order valence-electron chi connectivity index (χ0n) is 14.9. The van der Waals surface area contributed by atoms with Gasteiger partial charge in [-0.15, -0.1) is 0 Å². The van der Waals surface area contributed by atoms with Gasteiger partial charge in [0, 0.05) is 22.2 Å². The Bertz CT molecular complexity index is 1080. The molecule has 0 saturated heterocycles. The Hall–Kier alpha value is -3.26. The number of benzene rings is 3. The van der Waals surface area contributed by atoms with Crippen LogP contribution in [0.5, 0.6) is 5.75 Å². The molecular weight excluding hydrogens is 426 g/mol. The Labute approximate surface area is 169 Å². The number of rotatable bonds is 6. The lowest BCUT2D eigenvalue weighted by atomic mass is 10.0. The summed E-state index contributed by atoms with van der Waals surface area (Å²) in [5, 5.41) is 16.8. The Morgan fingerprint density at radius 1 is 1.21 bits per heavy atom. The topological polar surface area (TPSA) is 93.8 Å². The van der Waals surface area contributed by atoms with Crippen LogP contribution in [-0.2, 0) is 11.2 Å². The van der Waals surface area contributed by atoms with Crippen molar-refractivity contribution in [1.82, 2.24) is 5.43 Å². The number of amides is 1. The predicted molar refractivity (Wildman–Crippen MR) is 111 cm³/mol. The summed E-state index contributed by atoms with van der Waals surface area (Å²) in [5.74, 6) is 0.121. The molecule has 0 atom stereocenters. The van der Waals surface area contributed by atoms with Gasteiger partial charge in [-0.1, -0.05) is 46.3 Å². The zero-order chi connectivity index (χ0) is 20.1. The lowest BCUT2D eigenvalue weighted by Gasteiger charge is -2.07. The van der Waals surface area contributed by atoms with Crippen LogP contribution in [0.3, 0.4) is 0 Å². The summed E-state index contributed by atoms with van der Waals surface area (Å²) in [6.45, 7) is 0. The molecule has 28 heavy (non-hydrogen) atoms. The molecule has 3 rings (SSSR count). The number of fused-ring (bicyclic) bond motifs is 1. The Morgan fingerprint density at radius 3 is 2.68 bits per heavy atom. The number of non-ortho nitro benzene ring substituents is 1. The molecule has 142 valence electrons. The van der Waals surface area contributed by atoms with Crippen LogP contribution in [0, 0.1) is 10.1 Å². The zero-order valence-corrected chi connectivity index (χ0v) is 16.5. The van der Waals surface area contributed by atoms with Gasteiger partial charge < -0.3 is 4.74 Å².